The zero-order valence-corrected chi connectivity index (χ0v) is 13.5. The highest BCUT2D eigenvalue weighted by atomic mass is 35.5. The molecule has 7 heteroatoms. The van der Waals surface area contributed by atoms with Gasteiger partial charge in [0.2, 0.25) is 0 Å². The molecule has 0 radical (unpaired) electrons. The van der Waals surface area contributed by atoms with Crippen LogP contribution in [0.1, 0.15) is 5.69 Å². The first-order valence-corrected chi connectivity index (χ1v) is 8.09. The fourth-order valence-electron chi connectivity index (χ4n) is 2.01. The molecule has 4 nitrogen and oxygen atoms in total. The van der Waals surface area contributed by atoms with Crippen molar-refractivity contribution in [1.82, 2.24) is 9.97 Å². The highest BCUT2D eigenvalue weighted by Crippen LogP contribution is 2.31. The summed E-state index contributed by atoms with van der Waals surface area (Å²) in [6.07, 6.45) is 1.51. The van der Waals surface area contributed by atoms with E-state index in [1.807, 2.05) is 30.3 Å². The lowest BCUT2D eigenvalue weighted by atomic mass is 10.1. The molecule has 1 heterocycles. The normalized spacial score (nSPS) is 11.0. The summed E-state index contributed by atoms with van der Waals surface area (Å²) in [4.78, 5) is 28.3. The molecule has 0 bridgehead atoms. The van der Waals surface area contributed by atoms with Crippen molar-refractivity contribution in [1.29, 1.82) is 0 Å². The largest absolute Gasteiger partial charge is 0.323 e. The maximum absolute atomic E-state index is 11.3. The Morgan fingerprint density at radius 2 is 1.68 bits per heavy atom. The van der Waals surface area contributed by atoms with Gasteiger partial charge in [-0.05, 0) is 35.0 Å². The lowest BCUT2D eigenvalue weighted by molar-refractivity contribution is 1.01. The Morgan fingerprint density at radius 3 is 2.41 bits per heavy atom. The number of rotatable bonds is 3. The third-order valence-electron chi connectivity index (χ3n) is 3.10. The number of nitrogens with one attached hydrogen (secondary N) is 2. The molecule has 0 aliphatic rings. The van der Waals surface area contributed by atoms with Gasteiger partial charge in [-0.3, -0.25) is 9.59 Å². The third-order valence-corrected chi connectivity index (χ3v) is 4.87. The molecular formula is C15H10Cl2N2O2S. The number of halogens is 2. The van der Waals surface area contributed by atoms with Gasteiger partial charge in [0.15, 0.2) is 0 Å². The maximum Gasteiger partial charge on any atom is 0.313 e. The Balaban J connectivity index is 1.84. The molecule has 2 N–H and O–H groups in total. The fraction of sp³-hybridized carbons (Fsp3) is 0.0667. The van der Waals surface area contributed by atoms with E-state index in [2.05, 4.69) is 9.97 Å². The monoisotopic (exact) mass is 352 g/mol. The first kappa shape index (κ1) is 15.2. The van der Waals surface area contributed by atoms with E-state index in [0.29, 0.717) is 21.5 Å². The van der Waals surface area contributed by atoms with Gasteiger partial charge in [-0.25, -0.2) is 0 Å². The smallest absolute Gasteiger partial charge is 0.313 e. The number of H-pyrrole nitrogens is 2. The standard InChI is InChI=1S/C15H10Cl2N2O2S/c16-12-4-8-1-2-11(3-9(8)5-13(12)17)22-7-10-6-18-14(20)15(21)19-10/h1-6H,7H2,(H,18,20)(H,19,21). The number of benzene rings is 2. The van der Waals surface area contributed by atoms with Gasteiger partial charge in [0.25, 0.3) is 0 Å². The van der Waals surface area contributed by atoms with E-state index >= 15 is 0 Å². The Morgan fingerprint density at radius 1 is 0.955 bits per heavy atom. The van der Waals surface area contributed by atoms with E-state index in [9.17, 15) is 9.59 Å². The molecule has 0 saturated carbocycles. The fourth-order valence-corrected chi connectivity index (χ4v) is 3.20. The molecule has 22 heavy (non-hydrogen) atoms. The first-order valence-electron chi connectivity index (χ1n) is 6.35. The highest BCUT2D eigenvalue weighted by molar-refractivity contribution is 7.98. The molecular weight excluding hydrogens is 343 g/mol. The molecule has 112 valence electrons. The number of hydrogen-bond donors (Lipinski definition) is 2. The van der Waals surface area contributed by atoms with E-state index in [1.165, 1.54) is 6.20 Å². The molecule has 0 unspecified atom stereocenters. The minimum Gasteiger partial charge on any atom is -0.323 e. The van der Waals surface area contributed by atoms with Crippen LogP contribution in [0.3, 0.4) is 0 Å². The molecule has 2 aromatic carbocycles. The molecule has 0 atom stereocenters. The van der Waals surface area contributed by atoms with Crippen LogP contribution in [-0.4, -0.2) is 9.97 Å². The van der Waals surface area contributed by atoms with E-state index in [4.69, 9.17) is 23.2 Å². The molecule has 3 aromatic rings. The summed E-state index contributed by atoms with van der Waals surface area (Å²) in [5.74, 6) is 0.541. The number of aromatic nitrogens is 2. The van der Waals surface area contributed by atoms with Crippen molar-refractivity contribution in [3.8, 4) is 0 Å². The summed E-state index contributed by atoms with van der Waals surface area (Å²) in [5, 5.41) is 3.05. The van der Waals surface area contributed by atoms with Crippen LogP contribution in [0.25, 0.3) is 10.8 Å². The summed E-state index contributed by atoms with van der Waals surface area (Å²) in [6, 6.07) is 9.60. The second-order valence-electron chi connectivity index (χ2n) is 4.66. The molecule has 0 spiro atoms. The van der Waals surface area contributed by atoms with Crippen molar-refractivity contribution >= 4 is 45.7 Å². The van der Waals surface area contributed by atoms with Gasteiger partial charge in [0, 0.05) is 22.5 Å². The SMILES string of the molecule is O=c1[nH]cc(CSc2ccc3cc(Cl)c(Cl)cc3c2)[nH]c1=O. The molecule has 0 saturated heterocycles. The Labute approximate surface area is 139 Å². The van der Waals surface area contributed by atoms with Crippen LogP contribution in [-0.2, 0) is 5.75 Å². The minimum atomic E-state index is -0.647. The van der Waals surface area contributed by atoms with Crippen molar-refractivity contribution in [3.05, 3.63) is 73.0 Å². The van der Waals surface area contributed by atoms with Crippen molar-refractivity contribution in [2.75, 3.05) is 0 Å². The number of thioether (sulfide) groups is 1. The van der Waals surface area contributed by atoms with Crippen LogP contribution < -0.4 is 11.1 Å². The summed E-state index contributed by atoms with van der Waals surface area (Å²) < 4.78 is 0. The van der Waals surface area contributed by atoms with Crippen molar-refractivity contribution in [2.24, 2.45) is 0 Å². The molecule has 0 aliphatic heterocycles. The maximum atomic E-state index is 11.3. The molecule has 0 amide bonds. The van der Waals surface area contributed by atoms with E-state index < -0.39 is 11.1 Å². The quantitative estimate of drug-likeness (QED) is 0.556. The van der Waals surface area contributed by atoms with Gasteiger partial charge in [0.1, 0.15) is 0 Å². The number of aromatic amines is 2. The summed E-state index contributed by atoms with van der Waals surface area (Å²) in [7, 11) is 0. The molecule has 0 aliphatic carbocycles. The highest BCUT2D eigenvalue weighted by Gasteiger charge is 2.04. The van der Waals surface area contributed by atoms with E-state index in [0.717, 1.165) is 15.7 Å². The van der Waals surface area contributed by atoms with Crippen molar-refractivity contribution in [3.63, 3.8) is 0 Å². The summed E-state index contributed by atoms with van der Waals surface area (Å²) in [6.45, 7) is 0. The second-order valence-corrected chi connectivity index (χ2v) is 6.52. The summed E-state index contributed by atoms with van der Waals surface area (Å²) >= 11 is 13.6. The molecule has 3 rings (SSSR count). The van der Waals surface area contributed by atoms with Crippen LogP contribution in [0.2, 0.25) is 10.0 Å². The van der Waals surface area contributed by atoms with Gasteiger partial charge in [-0.15, -0.1) is 11.8 Å². The van der Waals surface area contributed by atoms with Crippen LogP contribution in [0.15, 0.2) is 51.0 Å². The van der Waals surface area contributed by atoms with E-state index in [1.54, 1.807) is 11.8 Å². The number of hydrogen-bond acceptors (Lipinski definition) is 3. The predicted octanol–water partition coefficient (Wildman–Crippen LogP) is 3.82. The zero-order chi connectivity index (χ0) is 15.7. The molecule has 1 aromatic heterocycles. The summed E-state index contributed by atoms with van der Waals surface area (Å²) in [5.41, 5.74) is -0.632. The number of fused-ring (bicyclic) bond motifs is 1. The lowest BCUT2D eigenvalue weighted by Gasteiger charge is -2.05. The zero-order valence-electron chi connectivity index (χ0n) is 11.2. The van der Waals surface area contributed by atoms with Crippen molar-refractivity contribution < 1.29 is 0 Å². The Hall–Kier alpha value is -1.69. The van der Waals surface area contributed by atoms with Crippen molar-refractivity contribution in [2.45, 2.75) is 10.6 Å². The lowest BCUT2D eigenvalue weighted by Crippen LogP contribution is -2.29. The topological polar surface area (TPSA) is 65.7 Å². The van der Waals surface area contributed by atoms with Crippen LogP contribution in [0.4, 0.5) is 0 Å². The van der Waals surface area contributed by atoms with E-state index in [-0.39, 0.29) is 0 Å². The van der Waals surface area contributed by atoms with Crippen LogP contribution >= 0.6 is 35.0 Å². The van der Waals surface area contributed by atoms with Gasteiger partial charge in [-0.1, -0.05) is 29.3 Å². The Bertz CT molecular complexity index is 966. The van der Waals surface area contributed by atoms with Crippen LogP contribution in [0, 0.1) is 0 Å². The van der Waals surface area contributed by atoms with Gasteiger partial charge < -0.3 is 9.97 Å². The Kier molecular flexibility index (Phi) is 4.29. The second kappa shape index (κ2) is 6.20. The van der Waals surface area contributed by atoms with Crippen LogP contribution in [0.5, 0.6) is 0 Å². The van der Waals surface area contributed by atoms with Gasteiger partial charge >= 0.3 is 11.1 Å². The third kappa shape index (κ3) is 3.21. The average molecular weight is 353 g/mol. The first-order chi connectivity index (χ1) is 10.5. The molecule has 0 fully saturated rings. The minimum absolute atomic E-state index is 0.515. The average Bonchev–Trinajstić information content (AvgIpc) is 2.50. The van der Waals surface area contributed by atoms with Gasteiger partial charge in [-0.2, -0.15) is 0 Å². The predicted molar refractivity (Wildman–Crippen MR) is 91.2 cm³/mol. The van der Waals surface area contributed by atoms with Gasteiger partial charge in [0.05, 0.1) is 10.0 Å².